The summed E-state index contributed by atoms with van der Waals surface area (Å²) in [6, 6.07) is 10.6. The molecule has 2 aromatic carbocycles. The van der Waals surface area contributed by atoms with E-state index in [1.165, 1.54) is 10.7 Å². The number of H-pyrrole nitrogens is 1. The van der Waals surface area contributed by atoms with Crippen LogP contribution in [0.4, 0.5) is 8.78 Å². The Morgan fingerprint density at radius 3 is 2.52 bits per heavy atom. The lowest BCUT2D eigenvalue weighted by atomic mass is 10.2. The molecule has 116 valence electrons. The van der Waals surface area contributed by atoms with E-state index in [4.69, 9.17) is 23.8 Å². The predicted molar refractivity (Wildman–Crippen MR) is 87.2 cm³/mol. The molecule has 0 aliphatic heterocycles. The first-order valence-electron chi connectivity index (χ1n) is 6.48. The largest absolute Gasteiger partial charge is 0.250 e. The van der Waals surface area contributed by atoms with Crippen LogP contribution in [0.3, 0.4) is 0 Å². The third kappa shape index (κ3) is 3.06. The molecule has 0 spiro atoms. The van der Waals surface area contributed by atoms with Gasteiger partial charge in [-0.25, -0.2) is 13.9 Å². The Morgan fingerprint density at radius 2 is 1.83 bits per heavy atom. The minimum absolute atomic E-state index is 0.174. The van der Waals surface area contributed by atoms with Crippen molar-refractivity contribution in [2.45, 2.75) is 0 Å². The Labute approximate surface area is 140 Å². The summed E-state index contributed by atoms with van der Waals surface area (Å²) >= 11 is 11.2. The molecule has 0 saturated heterocycles. The van der Waals surface area contributed by atoms with Crippen LogP contribution in [-0.2, 0) is 0 Å². The van der Waals surface area contributed by atoms with E-state index in [9.17, 15) is 8.78 Å². The van der Waals surface area contributed by atoms with Crippen LogP contribution >= 0.6 is 23.8 Å². The van der Waals surface area contributed by atoms with E-state index >= 15 is 0 Å². The summed E-state index contributed by atoms with van der Waals surface area (Å²) in [4.78, 5) is 0. The molecular formula is C15H9ClF2N4S. The van der Waals surface area contributed by atoms with E-state index in [0.29, 0.717) is 16.4 Å². The molecule has 0 radical (unpaired) electrons. The van der Waals surface area contributed by atoms with Gasteiger partial charge in [-0.3, -0.25) is 0 Å². The minimum atomic E-state index is -0.719. The second-order valence-corrected chi connectivity index (χ2v) is 5.32. The van der Waals surface area contributed by atoms with Crippen molar-refractivity contribution in [3.05, 3.63) is 69.5 Å². The zero-order valence-electron chi connectivity index (χ0n) is 11.5. The molecule has 3 aromatic rings. The topological polar surface area (TPSA) is 46.0 Å². The first-order valence-corrected chi connectivity index (χ1v) is 7.27. The maximum atomic E-state index is 13.7. The smallest absolute Gasteiger partial charge is 0.216 e. The third-order valence-corrected chi connectivity index (χ3v) is 3.66. The number of hydrogen-bond donors (Lipinski definition) is 1. The monoisotopic (exact) mass is 350 g/mol. The number of nitrogens with one attached hydrogen (secondary N) is 1. The zero-order chi connectivity index (χ0) is 16.4. The van der Waals surface area contributed by atoms with E-state index in [2.05, 4.69) is 15.3 Å². The van der Waals surface area contributed by atoms with Gasteiger partial charge in [0.25, 0.3) is 0 Å². The lowest BCUT2D eigenvalue weighted by molar-refractivity contribution is 0.580. The van der Waals surface area contributed by atoms with E-state index in [-0.39, 0.29) is 10.3 Å². The number of aromatic nitrogens is 3. The molecule has 0 aliphatic rings. The van der Waals surface area contributed by atoms with Crippen LogP contribution in [0.15, 0.2) is 47.6 Å². The standard InChI is InChI=1S/C15H9ClF2N4S/c16-11-5-2-1-4-9(11)14-20-21-15(23)22(14)19-8-10-12(17)6-3-7-13(10)18/h1-8H,(H,21,23). The molecule has 1 heterocycles. The quantitative estimate of drug-likeness (QED) is 0.561. The molecule has 0 amide bonds. The highest BCUT2D eigenvalue weighted by atomic mass is 35.5. The number of halogens is 3. The molecule has 0 aliphatic carbocycles. The van der Waals surface area contributed by atoms with E-state index in [1.807, 2.05) is 0 Å². The summed E-state index contributed by atoms with van der Waals surface area (Å²) < 4.78 is 28.7. The maximum Gasteiger partial charge on any atom is 0.216 e. The van der Waals surface area contributed by atoms with Crippen molar-refractivity contribution in [2.24, 2.45) is 5.10 Å². The highest BCUT2D eigenvalue weighted by Gasteiger charge is 2.12. The summed E-state index contributed by atoms with van der Waals surface area (Å²) in [5.41, 5.74) is 0.327. The van der Waals surface area contributed by atoms with Crippen LogP contribution in [0.5, 0.6) is 0 Å². The van der Waals surface area contributed by atoms with Gasteiger partial charge in [0.05, 0.1) is 16.8 Å². The summed E-state index contributed by atoms with van der Waals surface area (Å²) in [5, 5.41) is 11.1. The molecule has 8 heteroatoms. The average Bonchev–Trinajstić information content (AvgIpc) is 2.88. The number of hydrogen-bond acceptors (Lipinski definition) is 3. The SMILES string of the molecule is Fc1cccc(F)c1C=Nn1c(-c2ccccc2Cl)n[nH]c1=S. The van der Waals surface area contributed by atoms with Gasteiger partial charge in [0.2, 0.25) is 4.77 Å². The van der Waals surface area contributed by atoms with Crippen molar-refractivity contribution in [3.63, 3.8) is 0 Å². The zero-order valence-corrected chi connectivity index (χ0v) is 13.1. The summed E-state index contributed by atoms with van der Waals surface area (Å²) in [7, 11) is 0. The molecule has 0 saturated carbocycles. The number of rotatable bonds is 3. The highest BCUT2D eigenvalue weighted by Crippen LogP contribution is 2.25. The van der Waals surface area contributed by atoms with Crippen molar-refractivity contribution in [1.29, 1.82) is 0 Å². The summed E-state index contributed by atoms with van der Waals surface area (Å²) in [5.74, 6) is -1.10. The normalized spacial score (nSPS) is 11.3. The fourth-order valence-corrected chi connectivity index (χ4v) is 2.36. The van der Waals surface area contributed by atoms with Crippen molar-refractivity contribution in [2.75, 3.05) is 0 Å². The summed E-state index contributed by atoms with van der Waals surface area (Å²) in [6.45, 7) is 0. The van der Waals surface area contributed by atoms with E-state index < -0.39 is 11.6 Å². The van der Waals surface area contributed by atoms with Crippen LogP contribution < -0.4 is 0 Å². The fraction of sp³-hybridized carbons (Fsp3) is 0. The van der Waals surface area contributed by atoms with Crippen LogP contribution in [0.1, 0.15) is 5.56 Å². The molecule has 1 aromatic heterocycles. The molecule has 1 N–H and O–H groups in total. The third-order valence-electron chi connectivity index (χ3n) is 3.07. The first-order chi connectivity index (χ1) is 11.1. The van der Waals surface area contributed by atoms with Crippen LogP contribution in [0.2, 0.25) is 5.02 Å². The van der Waals surface area contributed by atoms with Gasteiger partial charge in [0.15, 0.2) is 5.82 Å². The van der Waals surface area contributed by atoms with Crippen molar-refractivity contribution in [1.82, 2.24) is 14.9 Å². The molecule has 3 rings (SSSR count). The predicted octanol–water partition coefficient (Wildman–Crippen LogP) is 4.42. The van der Waals surface area contributed by atoms with Gasteiger partial charge in [-0.15, -0.1) is 0 Å². The van der Waals surface area contributed by atoms with Gasteiger partial charge in [-0.05, 0) is 36.5 Å². The average molecular weight is 351 g/mol. The Hall–Kier alpha value is -2.38. The summed E-state index contributed by atoms with van der Waals surface area (Å²) in [6.07, 6.45) is 1.05. The van der Waals surface area contributed by atoms with Crippen molar-refractivity contribution < 1.29 is 8.78 Å². The van der Waals surface area contributed by atoms with Gasteiger partial charge in [0, 0.05) is 5.56 Å². The lowest BCUT2D eigenvalue weighted by Crippen LogP contribution is -1.98. The van der Waals surface area contributed by atoms with Crippen LogP contribution in [0, 0.1) is 16.4 Å². The van der Waals surface area contributed by atoms with Gasteiger partial charge < -0.3 is 0 Å². The van der Waals surface area contributed by atoms with Gasteiger partial charge in [-0.1, -0.05) is 29.8 Å². The van der Waals surface area contributed by atoms with Gasteiger partial charge in [-0.2, -0.15) is 14.9 Å². The minimum Gasteiger partial charge on any atom is -0.250 e. The molecule has 0 fully saturated rings. The number of nitrogens with zero attached hydrogens (tertiary/aromatic N) is 3. The Morgan fingerprint density at radius 1 is 1.13 bits per heavy atom. The molecule has 0 bridgehead atoms. The molecular weight excluding hydrogens is 342 g/mol. The fourth-order valence-electron chi connectivity index (χ4n) is 1.97. The second-order valence-electron chi connectivity index (χ2n) is 4.52. The van der Waals surface area contributed by atoms with Gasteiger partial charge in [0.1, 0.15) is 11.6 Å². The van der Waals surface area contributed by atoms with Crippen molar-refractivity contribution >= 4 is 30.0 Å². The lowest BCUT2D eigenvalue weighted by Gasteiger charge is -2.03. The Kier molecular flexibility index (Phi) is 4.31. The van der Waals surface area contributed by atoms with E-state index in [1.54, 1.807) is 24.3 Å². The maximum absolute atomic E-state index is 13.7. The molecule has 23 heavy (non-hydrogen) atoms. The first kappa shape index (κ1) is 15.5. The number of benzene rings is 2. The van der Waals surface area contributed by atoms with E-state index in [0.717, 1.165) is 18.3 Å². The molecule has 4 nitrogen and oxygen atoms in total. The Bertz CT molecular complexity index is 928. The second kappa shape index (κ2) is 6.39. The van der Waals surface area contributed by atoms with Crippen LogP contribution in [-0.4, -0.2) is 21.1 Å². The van der Waals surface area contributed by atoms with Crippen LogP contribution in [0.25, 0.3) is 11.4 Å². The number of aromatic amines is 1. The van der Waals surface area contributed by atoms with Crippen molar-refractivity contribution in [3.8, 4) is 11.4 Å². The van der Waals surface area contributed by atoms with Gasteiger partial charge >= 0.3 is 0 Å². The molecule has 0 unspecified atom stereocenters. The molecule has 0 atom stereocenters. The Balaban J connectivity index is 2.09. The highest BCUT2D eigenvalue weighted by molar-refractivity contribution is 7.71.